The Kier molecular flexibility index (Phi) is 3.60. The summed E-state index contributed by atoms with van der Waals surface area (Å²) >= 11 is 0. The molecular weight excluding hydrogens is 248 g/mol. The number of nitrogens with two attached hydrogens (primary N) is 1. The van der Waals surface area contributed by atoms with Gasteiger partial charge in [-0.1, -0.05) is 12.1 Å². The number of Topliss-reactive ketones (excluding diaryl/α,β-unsaturated/α-hetero) is 1. The molecule has 98 valence electrons. The van der Waals surface area contributed by atoms with E-state index in [-0.39, 0.29) is 12.2 Å². The zero-order valence-corrected chi connectivity index (χ0v) is 10.4. The monoisotopic (exact) mass is 261 g/mol. The summed E-state index contributed by atoms with van der Waals surface area (Å²) in [4.78, 5) is 12.0. The van der Waals surface area contributed by atoms with Gasteiger partial charge in [0, 0.05) is 23.7 Å². The Balaban J connectivity index is 2.22. The zero-order chi connectivity index (χ0) is 14.0. The maximum atomic E-state index is 13.0. The van der Waals surface area contributed by atoms with Gasteiger partial charge >= 0.3 is 0 Å². The molecule has 2 rings (SSSR count). The summed E-state index contributed by atoms with van der Waals surface area (Å²) in [6.45, 7) is 1.84. The van der Waals surface area contributed by atoms with Gasteiger partial charge in [-0.05, 0) is 36.2 Å². The van der Waals surface area contributed by atoms with Crippen LogP contribution in [-0.4, -0.2) is 5.78 Å². The summed E-state index contributed by atoms with van der Waals surface area (Å²) in [5.74, 6) is -1.60. The molecule has 0 saturated heterocycles. The topological polar surface area (TPSA) is 43.1 Å². The molecule has 19 heavy (non-hydrogen) atoms. The van der Waals surface area contributed by atoms with E-state index < -0.39 is 11.6 Å². The summed E-state index contributed by atoms with van der Waals surface area (Å²) in [6, 6.07) is 8.06. The molecule has 0 heterocycles. The van der Waals surface area contributed by atoms with E-state index in [9.17, 15) is 13.6 Å². The first-order valence-corrected chi connectivity index (χ1v) is 5.80. The first-order valence-electron chi connectivity index (χ1n) is 5.80. The second-order valence-corrected chi connectivity index (χ2v) is 4.45. The van der Waals surface area contributed by atoms with E-state index in [1.807, 2.05) is 6.92 Å². The molecule has 0 aliphatic rings. The second kappa shape index (κ2) is 5.18. The van der Waals surface area contributed by atoms with Crippen LogP contribution in [0.4, 0.5) is 14.5 Å². The van der Waals surface area contributed by atoms with E-state index in [0.29, 0.717) is 16.8 Å². The lowest BCUT2D eigenvalue weighted by molar-refractivity contribution is 0.0993. The largest absolute Gasteiger partial charge is 0.398 e. The van der Waals surface area contributed by atoms with Gasteiger partial charge in [-0.3, -0.25) is 4.79 Å². The van der Waals surface area contributed by atoms with Crippen LogP contribution < -0.4 is 5.73 Å². The number of hydrogen-bond donors (Lipinski definition) is 1. The molecule has 2 aromatic carbocycles. The Bertz CT molecular complexity index is 618. The Morgan fingerprint density at radius 1 is 1.11 bits per heavy atom. The van der Waals surface area contributed by atoms with Crippen LogP contribution in [0.1, 0.15) is 21.5 Å². The fraction of sp³-hybridized carbons (Fsp3) is 0.133. The highest BCUT2D eigenvalue weighted by molar-refractivity contribution is 5.98. The van der Waals surface area contributed by atoms with Crippen LogP contribution >= 0.6 is 0 Å². The normalized spacial score (nSPS) is 10.5. The first kappa shape index (κ1) is 13.2. The Labute approximate surface area is 109 Å². The molecular formula is C15H13F2NO. The van der Waals surface area contributed by atoms with Crippen LogP contribution in [0.15, 0.2) is 36.4 Å². The molecule has 0 amide bonds. The molecule has 2 N–H and O–H groups in total. The number of benzene rings is 2. The molecule has 0 bridgehead atoms. The van der Waals surface area contributed by atoms with E-state index in [1.165, 1.54) is 0 Å². The van der Waals surface area contributed by atoms with E-state index >= 15 is 0 Å². The van der Waals surface area contributed by atoms with E-state index in [4.69, 9.17) is 5.73 Å². The molecule has 0 unspecified atom stereocenters. The van der Waals surface area contributed by atoms with Crippen molar-refractivity contribution in [1.29, 1.82) is 0 Å². The summed E-state index contributed by atoms with van der Waals surface area (Å²) in [5.41, 5.74) is 7.88. The molecule has 2 nitrogen and oxygen atoms in total. The van der Waals surface area contributed by atoms with Crippen molar-refractivity contribution in [2.45, 2.75) is 13.3 Å². The van der Waals surface area contributed by atoms with Crippen LogP contribution in [0.3, 0.4) is 0 Å². The van der Waals surface area contributed by atoms with Crippen molar-refractivity contribution in [3.63, 3.8) is 0 Å². The minimum Gasteiger partial charge on any atom is -0.398 e. The minimum atomic E-state index is -0.689. The van der Waals surface area contributed by atoms with Gasteiger partial charge in [0.15, 0.2) is 5.78 Å². The number of carbonyl (C=O) groups is 1. The molecule has 0 fully saturated rings. The average Bonchev–Trinajstić information content (AvgIpc) is 2.31. The lowest BCUT2D eigenvalue weighted by Crippen LogP contribution is -2.05. The highest BCUT2D eigenvalue weighted by Crippen LogP contribution is 2.16. The highest BCUT2D eigenvalue weighted by Gasteiger charge is 2.10. The summed E-state index contributed by atoms with van der Waals surface area (Å²) in [5, 5.41) is 0. The van der Waals surface area contributed by atoms with Gasteiger partial charge in [0.25, 0.3) is 0 Å². The number of nitrogen functional groups attached to an aromatic ring is 1. The van der Waals surface area contributed by atoms with Gasteiger partial charge in [-0.25, -0.2) is 8.78 Å². The van der Waals surface area contributed by atoms with Gasteiger partial charge in [0.05, 0.1) is 0 Å². The number of anilines is 1. The van der Waals surface area contributed by atoms with E-state index in [0.717, 1.165) is 23.8 Å². The van der Waals surface area contributed by atoms with E-state index in [2.05, 4.69) is 0 Å². The molecule has 0 aromatic heterocycles. The van der Waals surface area contributed by atoms with Gasteiger partial charge in [0.1, 0.15) is 11.6 Å². The second-order valence-electron chi connectivity index (χ2n) is 4.45. The highest BCUT2D eigenvalue weighted by atomic mass is 19.1. The summed E-state index contributed by atoms with van der Waals surface area (Å²) in [7, 11) is 0. The van der Waals surface area contributed by atoms with Gasteiger partial charge in [-0.2, -0.15) is 0 Å². The molecule has 4 heteroatoms. The van der Waals surface area contributed by atoms with Crippen molar-refractivity contribution in [3.05, 3.63) is 64.7 Å². The average molecular weight is 261 g/mol. The first-order chi connectivity index (χ1) is 8.95. The number of hydrogen-bond acceptors (Lipinski definition) is 2. The predicted molar refractivity (Wildman–Crippen MR) is 70.0 cm³/mol. The standard InChI is InChI=1S/C15H13F2NO/c1-9-2-3-11(7-14(9)18)15(19)6-10-4-12(16)8-13(17)5-10/h2-5,7-8H,6,18H2,1H3. The summed E-state index contributed by atoms with van der Waals surface area (Å²) < 4.78 is 26.1. The molecule has 0 aliphatic heterocycles. The minimum absolute atomic E-state index is 0.0584. The molecule has 0 spiro atoms. The number of ketones is 1. The Morgan fingerprint density at radius 2 is 1.74 bits per heavy atom. The molecule has 0 radical (unpaired) electrons. The smallest absolute Gasteiger partial charge is 0.167 e. The quantitative estimate of drug-likeness (QED) is 0.680. The molecule has 0 aliphatic carbocycles. The van der Waals surface area contributed by atoms with Crippen molar-refractivity contribution in [1.82, 2.24) is 0 Å². The maximum Gasteiger partial charge on any atom is 0.167 e. The molecule has 2 aromatic rings. The van der Waals surface area contributed by atoms with Crippen LogP contribution in [0.5, 0.6) is 0 Å². The fourth-order valence-corrected chi connectivity index (χ4v) is 1.81. The molecule has 0 atom stereocenters. The predicted octanol–water partition coefficient (Wildman–Crippen LogP) is 3.28. The van der Waals surface area contributed by atoms with Crippen molar-refractivity contribution in [3.8, 4) is 0 Å². The zero-order valence-electron chi connectivity index (χ0n) is 10.4. The SMILES string of the molecule is Cc1ccc(C(=O)Cc2cc(F)cc(F)c2)cc1N. The van der Waals surface area contributed by atoms with Crippen molar-refractivity contribution in [2.24, 2.45) is 0 Å². The third-order valence-electron chi connectivity index (χ3n) is 2.89. The van der Waals surface area contributed by atoms with Crippen LogP contribution in [0.25, 0.3) is 0 Å². The van der Waals surface area contributed by atoms with Gasteiger partial charge < -0.3 is 5.73 Å². The fourth-order valence-electron chi connectivity index (χ4n) is 1.81. The van der Waals surface area contributed by atoms with Crippen molar-refractivity contribution < 1.29 is 13.6 Å². The van der Waals surface area contributed by atoms with Gasteiger partial charge in [0.2, 0.25) is 0 Å². The van der Waals surface area contributed by atoms with Crippen LogP contribution in [0.2, 0.25) is 0 Å². The Morgan fingerprint density at radius 3 is 2.32 bits per heavy atom. The maximum absolute atomic E-state index is 13.0. The summed E-state index contributed by atoms with van der Waals surface area (Å²) in [6.07, 6.45) is -0.0584. The number of rotatable bonds is 3. The van der Waals surface area contributed by atoms with E-state index in [1.54, 1.807) is 18.2 Å². The van der Waals surface area contributed by atoms with Crippen LogP contribution in [0, 0.1) is 18.6 Å². The lowest BCUT2D eigenvalue weighted by Gasteiger charge is -2.05. The van der Waals surface area contributed by atoms with Gasteiger partial charge in [-0.15, -0.1) is 0 Å². The number of carbonyl (C=O) groups excluding carboxylic acids is 1. The molecule has 0 saturated carbocycles. The van der Waals surface area contributed by atoms with Crippen molar-refractivity contribution in [2.75, 3.05) is 5.73 Å². The van der Waals surface area contributed by atoms with Crippen LogP contribution in [-0.2, 0) is 6.42 Å². The third kappa shape index (κ3) is 3.16. The van der Waals surface area contributed by atoms with Crippen molar-refractivity contribution >= 4 is 11.5 Å². The number of halogens is 2. The lowest BCUT2D eigenvalue weighted by atomic mass is 10.0. The Hall–Kier alpha value is -2.23. The third-order valence-corrected chi connectivity index (χ3v) is 2.89. The number of aryl methyl sites for hydroxylation is 1.